The largest absolute Gasteiger partial charge is 0.350 e. The molecule has 0 bridgehead atoms. The molecular weight excluding hydrogens is 166 g/mol. The SMILES string of the molecule is C[C@@H]1OCC(CN2CCCCC2)O1. The molecule has 1 unspecified atom stereocenters. The van der Waals surface area contributed by atoms with Crippen molar-refractivity contribution in [2.75, 3.05) is 26.2 Å². The molecular formula is C10H19NO2. The lowest BCUT2D eigenvalue weighted by molar-refractivity contribution is -0.0475. The summed E-state index contributed by atoms with van der Waals surface area (Å²) in [5.74, 6) is 0. The Kier molecular flexibility index (Phi) is 3.19. The Morgan fingerprint density at radius 1 is 1.23 bits per heavy atom. The molecule has 3 heteroatoms. The third kappa shape index (κ3) is 2.66. The summed E-state index contributed by atoms with van der Waals surface area (Å²) in [4.78, 5) is 2.50. The fourth-order valence-electron chi connectivity index (χ4n) is 2.12. The number of rotatable bonds is 2. The average Bonchev–Trinajstić information content (AvgIpc) is 2.53. The Morgan fingerprint density at radius 3 is 2.62 bits per heavy atom. The van der Waals surface area contributed by atoms with Gasteiger partial charge in [0.2, 0.25) is 0 Å². The molecule has 0 aromatic carbocycles. The quantitative estimate of drug-likeness (QED) is 0.646. The van der Waals surface area contributed by atoms with Crippen LogP contribution in [0.2, 0.25) is 0 Å². The highest BCUT2D eigenvalue weighted by molar-refractivity contribution is 4.72. The van der Waals surface area contributed by atoms with E-state index in [1.54, 1.807) is 0 Å². The average molecular weight is 185 g/mol. The van der Waals surface area contributed by atoms with Crippen LogP contribution in [0.5, 0.6) is 0 Å². The summed E-state index contributed by atoms with van der Waals surface area (Å²) in [6.45, 7) is 6.29. The van der Waals surface area contributed by atoms with E-state index in [4.69, 9.17) is 9.47 Å². The molecule has 0 radical (unpaired) electrons. The van der Waals surface area contributed by atoms with Gasteiger partial charge in [0.1, 0.15) is 0 Å². The van der Waals surface area contributed by atoms with Gasteiger partial charge in [0.25, 0.3) is 0 Å². The fourth-order valence-corrected chi connectivity index (χ4v) is 2.12. The number of piperidine rings is 1. The lowest BCUT2D eigenvalue weighted by atomic mass is 10.1. The number of likely N-dealkylation sites (tertiary alicyclic amines) is 1. The van der Waals surface area contributed by atoms with Crippen LogP contribution in [0.3, 0.4) is 0 Å². The van der Waals surface area contributed by atoms with E-state index in [-0.39, 0.29) is 6.29 Å². The third-order valence-electron chi connectivity index (χ3n) is 2.81. The Hall–Kier alpha value is -0.120. The van der Waals surface area contributed by atoms with Crippen LogP contribution in [-0.4, -0.2) is 43.5 Å². The van der Waals surface area contributed by atoms with Gasteiger partial charge in [-0.1, -0.05) is 6.42 Å². The van der Waals surface area contributed by atoms with Crippen molar-refractivity contribution < 1.29 is 9.47 Å². The Labute approximate surface area is 80.0 Å². The molecule has 0 spiro atoms. The number of nitrogens with zero attached hydrogens (tertiary/aromatic N) is 1. The van der Waals surface area contributed by atoms with Gasteiger partial charge in [-0.3, -0.25) is 0 Å². The number of ether oxygens (including phenoxy) is 2. The van der Waals surface area contributed by atoms with Crippen molar-refractivity contribution in [2.45, 2.75) is 38.6 Å². The zero-order valence-electron chi connectivity index (χ0n) is 8.37. The minimum Gasteiger partial charge on any atom is -0.350 e. The van der Waals surface area contributed by atoms with Gasteiger partial charge in [-0.25, -0.2) is 0 Å². The summed E-state index contributed by atoms with van der Waals surface area (Å²) in [6.07, 6.45) is 4.42. The molecule has 2 aliphatic heterocycles. The van der Waals surface area contributed by atoms with Crippen molar-refractivity contribution in [1.82, 2.24) is 4.90 Å². The maximum Gasteiger partial charge on any atom is 0.155 e. The van der Waals surface area contributed by atoms with Crippen LogP contribution in [0.25, 0.3) is 0 Å². The van der Waals surface area contributed by atoms with Gasteiger partial charge in [-0.05, 0) is 32.9 Å². The summed E-state index contributed by atoms with van der Waals surface area (Å²) in [5.41, 5.74) is 0. The highest BCUT2D eigenvalue weighted by Gasteiger charge is 2.24. The predicted octanol–water partition coefficient (Wildman–Crippen LogP) is 1.23. The molecule has 0 amide bonds. The molecule has 2 saturated heterocycles. The fraction of sp³-hybridized carbons (Fsp3) is 1.00. The van der Waals surface area contributed by atoms with Crippen molar-refractivity contribution in [3.8, 4) is 0 Å². The van der Waals surface area contributed by atoms with E-state index in [9.17, 15) is 0 Å². The van der Waals surface area contributed by atoms with Crippen molar-refractivity contribution >= 4 is 0 Å². The van der Waals surface area contributed by atoms with E-state index in [0.29, 0.717) is 6.10 Å². The van der Waals surface area contributed by atoms with Gasteiger partial charge in [0, 0.05) is 6.54 Å². The van der Waals surface area contributed by atoms with E-state index >= 15 is 0 Å². The smallest absolute Gasteiger partial charge is 0.155 e. The summed E-state index contributed by atoms with van der Waals surface area (Å²) >= 11 is 0. The topological polar surface area (TPSA) is 21.7 Å². The molecule has 0 aromatic heterocycles. The first-order valence-corrected chi connectivity index (χ1v) is 5.34. The third-order valence-corrected chi connectivity index (χ3v) is 2.81. The van der Waals surface area contributed by atoms with E-state index in [0.717, 1.165) is 13.2 Å². The second-order valence-corrected chi connectivity index (χ2v) is 4.02. The van der Waals surface area contributed by atoms with Gasteiger partial charge < -0.3 is 14.4 Å². The second kappa shape index (κ2) is 4.40. The number of hydrogen-bond donors (Lipinski definition) is 0. The second-order valence-electron chi connectivity index (χ2n) is 4.02. The van der Waals surface area contributed by atoms with Gasteiger partial charge in [0.15, 0.2) is 6.29 Å². The first kappa shape index (κ1) is 9.44. The normalized spacial score (nSPS) is 36.7. The molecule has 13 heavy (non-hydrogen) atoms. The molecule has 0 aromatic rings. The highest BCUT2D eigenvalue weighted by Crippen LogP contribution is 2.15. The van der Waals surface area contributed by atoms with Crippen molar-refractivity contribution in [2.24, 2.45) is 0 Å². The zero-order valence-corrected chi connectivity index (χ0v) is 8.37. The molecule has 0 N–H and O–H groups in total. The zero-order chi connectivity index (χ0) is 9.10. The Bertz CT molecular complexity index is 154. The molecule has 0 saturated carbocycles. The van der Waals surface area contributed by atoms with E-state index in [2.05, 4.69) is 4.90 Å². The van der Waals surface area contributed by atoms with Gasteiger partial charge in [0.05, 0.1) is 12.7 Å². The standard InChI is InChI=1S/C10H19NO2/c1-9-12-8-10(13-9)7-11-5-3-2-4-6-11/h9-10H,2-8H2,1H3/t9-,10?/m1/s1. The molecule has 2 atom stereocenters. The minimum absolute atomic E-state index is 0.00907. The molecule has 2 aliphatic rings. The number of hydrogen-bond acceptors (Lipinski definition) is 3. The lowest BCUT2D eigenvalue weighted by Crippen LogP contribution is -2.37. The Balaban J connectivity index is 1.71. The predicted molar refractivity (Wildman–Crippen MR) is 50.6 cm³/mol. The van der Waals surface area contributed by atoms with Gasteiger partial charge in [-0.15, -0.1) is 0 Å². The minimum atomic E-state index is 0.00907. The van der Waals surface area contributed by atoms with Crippen molar-refractivity contribution in [3.05, 3.63) is 0 Å². The lowest BCUT2D eigenvalue weighted by Gasteiger charge is -2.28. The first-order valence-electron chi connectivity index (χ1n) is 5.34. The molecule has 0 aliphatic carbocycles. The van der Waals surface area contributed by atoms with Gasteiger partial charge in [-0.2, -0.15) is 0 Å². The van der Waals surface area contributed by atoms with Crippen LogP contribution in [0.1, 0.15) is 26.2 Å². The van der Waals surface area contributed by atoms with Crippen LogP contribution in [0.4, 0.5) is 0 Å². The van der Waals surface area contributed by atoms with E-state index < -0.39 is 0 Å². The maximum atomic E-state index is 5.60. The molecule has 2 rings (SSSR count). The monoisotopic (exact) mass is 185 g/mol. The van der Waals surface area contributed by atoms with E-state index in [1.807, 2.05) is 6.92 Å². The van der Waals surface area contributed by atoms with Crippen LogP contribution in [-0.2, 0) is 9.47 Å². The van der Waals surface area contributed by atoms with E-state index in [1.165, 1.54) is 32.4 Å². The summed E-state index contributed by atoms with van der Waals surface area (Å²) in [7, 11) is 0. The van der Waals surface area contributed by atoms with Crippen molar-refractivity contribution in [3.63, 3.8) is 0 Å². The first-order chi connectivity index (χ1) is 6.34. The Morgan fingerprint density at radius 2 is 2.00 bits per heavy atom. The highest BCUT2D eigenvalue weighted by atomic mass is 16.7. The summed E-state index contributed by atoms with van der Waals surface area (Å²) in [6, 6.07) is 0. The van der Waals surface area contributed by atoms with Crippen LogP contribution in [0, 0.1) is 0 Å². The van der Waals surface area contributed by atoms with Crippen LogP contribution in [0.15, 0.2) is 0 Å². The van der Waals surface area contributed by atoms with Crippen LogP contribution >= 0.6 is 0 Å². The summed E-state index contributed by atoms with van der Waals surface area (Å²) in [5, 5.41) is 0. The van der Waals surface area contributed by atoms with Crippen molar-refractivity contribution in [1.29, 1.82) is 0 Å². The maximum absolute atomic E-state index is 5.60. The molecule has 2 heterocycles. The van der Waals surface area contributed by atoms with Crippen LogP contribution < -0.4 is 0 Å². The molecule has 2 fully saturated rings. The molecule has 76 valence electrons. The summed E-state index contributed by atoms with van der Waals surface area (Å²) < 4.78 is 11.0. The van der Waals surface area contributed by atoms with Gasteiger partial charge >= 0.3 is 0 Å². The molecule has 3 nitrogen and oxygen atoms in total.